The summed E-state index contributed by atoms with van der Waals surface area (Å²) in [6.07, 6.45) is -4.70. The van der Waals surface area contributed by atoms with Gasteiger partial charge in [-0.15, -0.1) is 0 Å². The summed E-state index contributed by atoms with van der Waals surface area (Å²) in [5, 5.41) is 0.318. The van der Waals surface area contributed by atoms with Gasteiger partial charge in [-0.2, -0.15) is 13.2 Å². The first kappa shape index (κ1) is 16.4. The number of imidazole rings is 1. The average molecular weight is 381 g/mol. The van der Waals surface area contributed by atoms with Gasteiger partial charge in [0.25, 0.3) is 5.56 Å². The lowest BCUT2D eigenvalue weighted by molar-refractivity contribution is -0.141. The summed E-state index contributed by atoms with van der Waals surface area (Å²) in [6, 6.07) is 8.11. The number of fused-ring (bicyclic) bond motifs is 3. The molecule has 6 nitrogen and oxygen atoms in total. The van der Waals surface area contributed by atoms with E-state index in [0.717, 1.165) is 16.7 Å². The summed E-state index contributed by atoms with van der Waals surface area (Å²) < 4.78 is 40.3. The molecule has 0 unspecified atom stereocenters. The Morgan fingerprint density at radius 3 is 2.38 bits per heavy atom. The Bertz CT molecular complexity index is 1290. The third-order valence-corrected chi connectivity index (χ3v) is 4.20. The van der Waals surface area contributed by atoms with Crippen LogP contribution in [0.1, 0.15) is 5.69 Å². The molecule has 0 saturated heterocycles. The van der Waals surface area contributed by atoms with E-state index in [-0.39, 0.29) is 32.8 Å². The van der Waals surface area contributed by atoms with Crippen LogP contribution in [0.5, 0.6) is 0 Å². The van der Waals surface area contributed by atoms with Crippen molar-refractivity contribution in [3.63, 3.8) is 0 Å². The number of aromatic amines is 2. The molecule has 0 radical (unpaired) electrons. The summed E-state index contributed by atoms with van der Waals surface area (Å²) in [7, 11) is 0. The Morgan fingerprint density at radius 1 is 1.00 bits per heavy atom. The minimum atomic E-state index is -4.70. The molecule has 0 atom stereocenters. The predicted molar refractivity (Wildman–Crippen MR) is 89.8 cm³/mol. The number of para-hydroxylation sites is 1. The molecule has 0 bridgehead atoms. The van der Waals surface area contributed by atoms with Crippen LogP contribution in [0.2, 0.25) is 5.02 Å². The fraction of sp³-hybridized carbons (Fsp3) is 0.0625. The molecule has 132 valence electrons. The van der Waals surface area contributed by atoms with Gasteiger partial charge in [-0.1, -0.05) is 23.7 Å². The highest BCUT2D eigenvalue weighted by molar-refractivity contribution is 6.32. The highest BCUT2D eigenvalue weighted by Gasteiger charge is 2.33. The maximum absolute atomic E-state index is 13.1. The molecule has 0 saturated carbocycles. The monoisotopic (exact) mass is 380 g/mol. The molecule has 4 aromatic rings. The first-order valence-electron chi connectivity index (χ1n) is 7.27. The molecule has 3 aromatic heterocycles. The molecule has 10 heteroatoms. The van der Waals surface area contributed by atoms with E-state index in [2.05, 4.69) is 15.0 Å². The number of halogens is 4. The van der Waals surface area contributed by atoms with E-state index in [0.29, 0.717) is 0 Å². The van der Waals surface area contributed by atoms with Crippen LogP contribution in [-0.2, 0) is 6.18 Å². The molecule has 0 fully saturated rings. The predicted octanol–water partition coefficient (Wildman–Crippen LogP) is 3.23. The van der Waals surface area contributed by atoms with Gasteiger partial charge in [0.2, 0.25) is 0 Å². The number of rotatable bonds is 1. The van der Waals surface area contributed by atoms with Crippen molar-refractivity contribution in [1.82, 2.24) is 19.5 Å². The van der Waals surface area contributed by atoms with Crippen molar-refractivity contribution in [3.8, 4) is 5.69 Å². The molecule has 2 N–H and O–H groups in total. The third-order valence-electron chi connectivity index (χ3n) is 3.88. The SMILES string of the molecule is O=c1[nH]c2c(=O)n(-c3ccccc3Cl)c3nc(C(F)(F)F)ccc3c2[nH]1. The van der Waals surface area contributed by atoms with Crippen molar-refractivity contribution < 1.29 is 13.2 Å². The van der Waals surface area contributed by atoms with Gasteiger partial charge in [-0.25, -0.2) is 9.78 Å². The average Bonchev–Trinajstić information content (AvgIpc) is 2.97. The zero-order valence-electron chi connectivity index (χ0n) is 12.7. The second kappa shape index (κ2) is 5.46. The Morgan fingerprint density at radius 2 is 1.69 bits per heavy atom. The molecule has 3 heterocycles. The van der Waals surface area contributed by atoms with Crippen LogP contribution < -0.4 is 11.2 Å². The van der Waals surface area contributed by atoms with Gasteiger partial charge in [0, 0.05) is 5.39 Å². The highest BCUT2D eigenvalue weighted by Crippen LogP contribution is 2.31. The summed E-state index contributed by atoms with van der Waals surface area (Å²) in [4.78, 5) is 32.9. The number of aromatic nitrogens is 4. The van der Waals surface area contributed by atoms with Gasteiger partial charge >= 0.3 is 11.9 Å². The Kier molecular flexibility index (Phi) is 3.45. The van der Waals surface area contributed by atoms with Crippen molar-refractivity contribution in [2.45, 2.75) is 6.18 Å². The molecular weight excluding hydrogens is 373 g/mol. The van der Waals surface area contributed by atoms with E-state index in [9.17, 15) is 22.8 Å². The summed E-state index contributed by atoms with van der Waals surface area (Å²) in [6.45, 7) is 0. The maximum atomic E-state index is 13.1. The van der Waals surface area contributed by atoms with Crippen molar-refractivity contribution in [2.24, 2.45) is 0 Å². The number of pyridine rings is 2. The second-order valence-electron chi connectivity index (χ2n) is 5.49. The minimum absolute atomic E-state index is 0.0796. The third kappa shape index (κ3) is 2.39. The van der Waals surface area contributed by atoms with Crippen LogP contribution in [0.4, 0.5) is 13.2 Å². The summed E-state index contributed by atoms with van der Waals surface area (Å²) in [5.41, 5.74) is -2.67. The number of H-pyrrole nitrogens is 2. The molecule has 1 aromatic carbocycles. The summed E-state index contributed by atoms with van der Waals surface area (Å²) in [5.74, 6) is 0. The topological polar surface area (TPSA) is 83.5 Å². The lowest BCUT2D eigenvalue weighted by atomic mass is 10.2. The molecule has 4 rings (SSSR count). The lowest BCUT2D eigenvalue weighted by Crippen LogP contribution is -2.22. The van der Waals surface area contributed by atoms with E-state index < -0.39 is 23.1 Å². The highest BCUT2D eigenvalue weighted by atomic mass is 35.5. The van der Waals surface area contributed by atoms with E-state index in [4.69, 9.17) is 11.6 Å². The Hall–Kier alpha value is -3.07. The summed E-state index contributed by atoms with van der Waals surface area (Å²) >= 11 is 6.13. The Balaban J connectivity index is 2.26. The van der Waals surface area contributed by atoms with Gasteiger partial charge < -0.3 is 9.97 Å². The van der Waals surface area contributed by atoms with Gasteiger partial charge in [-0.3, -0.25) is 9.36 Å². The largest absolute Gasteiger partial charge is 0.433 e. The number of alkyl halides is 3. The zero-order chi connectivity index (χ0) is 18.6. The lowest BCUT2D eigenvalue weighted by Gasteiger charge is -2.13. The number of benzene rings is 1. The van der Waals surface area contributed by atoms with Crippen molar-refractivity contribution in [1.29, 1.82) is 0 Å². The number of hydrogen-bond acceptors (Lipinski definition) is 3. The van der Waals surface area contributed by atoms with Crippen molar-refractivity contribution in [3.05, 3.63) is 68.0 Å². The quantitative estimate of drug-likeness (QED) is 0.532. The smallest absolute Gasteiger partial charge is 0.305 e. The van der Waals surface area contributed by atoms with E-state index in [1.807, 2.05) is 0 Å². The fourth-order valence-corrected chi connectivity index (χ4v) is 3.00. The molecule has 0 spiro atoms. The molecular formula is C16H8ClF3N4O2. The molecule has 0 amide bonds. The van der Waals surface area contributed by atoms with Crippen LogP contribution in [0.25, 0.3) is 27.8 Å². The van der Waals surface area contributed by atoms with Gasteiger partial charge in [-0.05, 0) is 24.3 Å². The number of nitrogens with one attached hydrogen (secondary N) is 2. The Labute approximate surface area is 146 Å². The number of nitrogens with zero attached hydrogens (tertiary/aromatic N) is 2. The van der Waals surface area contributed by atoms with Crippen LogP contribution in [0.3, 0.4) is 0 Å². The maximum Gasteiger partial charge on any atom is 0.433 e. The molecule has 0 aliphatic rings. The van der Waals surface area contributed by atoms with E-state index >= 15 is 0 Å². The van der Waals surface area contributed by atoms with Gasteiger partial charge in [0.05, 0.1) is 16.2 Å². The van der Waals surface area contributed by atoms with E-state index in [1.165, 1.54) is 12.1 Å². The molecule has 26 heavy (non-hydrogen) atoms. The first-order chi connectivity index (χ1) is 12.3. The zero-order valence-corrected chi connectivity index (χ0v) is 13.4. The fourth-order valence-electron chi connectivity index (χ4n) is 2.78. The number of hydrogen-bond donors (Lipinski definition) is 2. The van der Waals surface area contributed by atoms with Crippen LogP contribution >= 0.6 is 11.6 Å². The van der Waals surface area contributed by atoms with Crippen molar-refractivity contribution >= 4 is 33.7 Å². The van der Waals surface area contributed by atoms with Crippen LogP contribution in [-0.4, -0.2) is 19.5 Å². The van der Waals surface area contributed by atoms with Crippen LogP contribution in [0, 0.1) is 0 Å². The van der Waals surface area contributed by atoms with Gasteiger partial charge in [0.1, 0.15) is 16.9 Å². The normalized spacial score (nSPS) is 12.2. The van der Waals surface area contributed by atoms with Gasteiger partial charge in [0.15, 0.2) is 0 Å². The first-order valence-corrected chi connectivity index (χ1v) is 7.65. The molecule has 0 aliphatic carbocycles. The molecule has 0 aliphatic heterocycles. The van der Waals surface area contributed by atoms with E-state index in [1.54, 1.807) is 12.1 Å². The van der Waals surface area contributed by atoms with Crippen molar-refractivity contribution in [2.75, 3.05) is 0 Å². The standard InChI is InChI=1S/C16H8ClF3N4O2/c17-8-3-1-2-4-9(8)24-13-7(5-6-10(21-13)16(18,19)20)11-12(14(24)25)23-15(26)22-11/h1-6H,(H2,22,23,26). The van der Waals surface area contributed by atoms with Crippen LogP contribution in [0.15, 0.2) is 46.0 Å². The second-order valence-corrected chi connectivity index (χ2v) is 5.89. The minimum Gasteiger partial charge on any atom is -0.305 e.